The smallest absolute Gasteiger partial charge is 0.128 e. The summed E-state index contributed by atoms with van der Waals surface area (Å²) in [5.41, 5.74) is 1.29. The monoisotopic (exact) mass is 350 g/mol. The van der Waals surface area contributed by atoms with Gasteiger partial charge in [0.2, 0.25) is 0 Å². The molecule has 1 aromatic rings. The SMILES string of the molecule is N#CC(C#N)=CC1(CN2CCOCC2)C=C(Cc2ccc(F)cc2)C=N1. The van der Waals surface area contributed by atoms with Crippen LogP contribution in [0.1, 0.15) is 5.56 Å². The van der Waals surface area contributed by atoms with Crippen molar-refractivity contribution in [3.8, 4) is 12.1 Å². The largest absolute Gasteiger partial charge is 0.379 e. The van der Waals surface area contributed by atoms with Crippen molar-refractivity contribution in [2.45, 2.75) is 12.0 Å². The predicted molar refractivity (Wildman–Crippen MR) is 96.0 cm³/mol. The van der Waals surface area contributed by atoms with Crippen molar-refractivity contribution in [3.63, 3.8) is 0 Å². The van der Waals surface area contributed by atoms with Crippen LogP contribution in [-0.4, -0.2) is 49.5 Å². The molecule has 6 heteroatoms. The van der Waals surface area contributed by atoms with Crippen LogP contribution in [-0.2, 0) is 11.2 Å². The summed E-state index contributed by atoms with van der Waals surface area (Å²) >= 11 is 0. The fraction of sp³-hybridized carbons (Fsp3) is 0.350. The van der Waals surface area contributed by atoms with Gasteiger partial charge in [0.15, 0.2) is 0 Å². The second kappa shape index (κ2) is 8.05. The van der Waals surface area contributed by atoms with Crippen molar-refractivity contribution < 1.29 is 9.13 Å². The number of nitriles is 2. The molecule has 1 saturated heterocycles. The fourth-order valence-electron chi connectivity index (χ4n) is 3.20. The maximum absolute atomic E-state index is 13.1. The number of rotatable bonds is 5. The van der Waals surface area contributed by atoms with Gasteiger partial charge in [-0.2, -0.15) is 10.5 Å². The molecule has 2 heterocycles. The zero-order valence-corrected chi connectivity index (χ0v) is 14.4. The van der Waals surface area contributed by atoms with Crippen molar-refractivity contribution in [1.29, 1.82) is 10.5 Å². The molecule has 1 unspecified atom stereocenters. The first kappa shape index (κ1) is 18.0. The summed E-state index contributed by atoms with van der Waals surface area (Å²) in [5, 5.41) is 18.3. The molecule has 0 radical (unpaired) electrons. The lowest BCUT2D eigenvalue weighted by Gasteiger charge is -2.32. The Labute approximate surface area is 152 Å². The predicted octanol–water partition coefficient (Wildman–Crippen LogP) is 2.42. The maximum Gasteiger partial charge on any atom is 0.128 e. The first-order chi connectivity index (χ1) is 12.6. The first-order valence-corrected chi connectivity index (χ1v) is 8.47. The summed E-state index contributed by atoms with van der Waals surface area (Å²) in [5.74, 6) is -0.264. The average molecular weight is 350 g/mol. The van der Waals surface area contributed by atoms with Gasteiger partial charge in [0.1, 0.15) is 29.1 Å². The Bertz CT molecular complexity index is 807. The normalized spacial score (nSPS) is 22.3. The number of aliphatic imine (C=N–C) groups is 1. The van der Waals surface area contributed by atoms with Crippen LogP contribution in [0.5, 0.6) is 0 Å². The minimum absolute atomic E-state index is 0.0506. The van der Waals surface area contributed by atoms with Gasteiger partial charge in [-0.3, -0.25) is 9.89 Å². The van der Waals surface area contributed by atoms with E-state index >= 15 is 0 Å². The molecule has 2 aliphatic heterocycles. The van der Waals surface area contributed by atoms with Gasteiger partial charge < -0.3 is 4.74 Å². The number of benzene rings is 1. The standard InChI is InChI=1S/C20H19FN4O/c21-19-3-1-16(2-4-19)9-17-10-20(24-14-17,11-18(12-22)13-23)15-25-5-7-26-8-6-25/h1-4,10-11,14H,5-9,15H2. The van der Waals surface area contributed by atoms with E-state index in [1.165, 1.54) is 12.1 Å². The maximum atomic E-state index is 13.1. The van der Waals surface area contributed by atoms with E-state index in [1.807, 2.05) is 18.2 Å². The molecule has 1 fully saturated rings. The summed E-state index contributed by atoms with van der Waals surface area (Å²) < 4.78 is 18.5. The third-order valence-corrected chi connectivity index (χ3v) is 4.44. The van der Waals surface area contributed by atoms with Crippen LogP contribution in [0.25, 0.3) is 0 Å². The number of morpholine rings is 1. The summed E-state index contributed by atoms with van der Waals surface area (Å²) in [4.78, 5) is 6.86. The molecule has 0 N–H and O–H groups in total. The number of hydrogen-bond acceptors (Lipinski definition) is 5. The summed E-state index contributed by atoms with van der Waals surface area (Å²) in [7, 11) is 0. The van der Waals surface area contributed by atoms with Crippen LogP contribution in [0.4, 0.5) is 4.39 Å². The zero-order valence-electron chi connectivity index (χ0n) is 14.4. The van der Waals surface area contributed by atoms with Crippen molar-refractivity contribution in [2.24, 2.45) is 4.99 Å². The Hall–Kier alpha value is -2.80. The van der Waals surface area contributed by atoms with Crippen molar-refractivity contribution in [3.05, 3.63) is 58.9 Å². The second-order valence-electron chi connectivity index (χ2n) is 6.44. The van der Waals surface area contributed by atoms with Crippen LogP contribution < -0.4 is 0 Å². The van der Waals surface area contributed by atoms with Gasteiger partial charge in [-0.15, -0.1) is 0 Å². The number of allylic oxidation sites excluding steroid dienone is 2. The quantitative estimate of drug-likeness (QED) is 0.765. The Morgan fingerprint density at radius 3 is 2.58 bits per heavy atom. The lowest BCUT2D eigenvalue weighted by atomic mass is 9.94. The van der Waals surface area contributed by atoms with Crippen molar-refractivity contribution in [1.82, 2.24) is 4.90 Å². The Kier molecular flexibility index (Phi) is 5.58. The molecule has 1 aromatic carbocycles. The van der Waals surface area contributed by atoms with E-state index in [0.29, 0.717) is 26.2 Å². The van der Waals surface area contributed by atoms with E-state index < -0.39 is 5.54 Å². The number of halogens is 1. The van der Waals surface area contributed by atoms with E-state index in [9.17, 15) is 4.39 Å². The van der Waals surface area contributed by atoms with Crippen LogP contribution in [0.15, 0.2) is 52.6 Å². The average Bonchev–Trinajstić information content (AvgIpc) is 3.05. The first-order valence-electron chi connectivity index (χ1n) is 8.47. The molecular weight excluding hydrogens is 331 g/mol. The van der Waals surface area contributed by atoms with Crippen LogP contribution >= 0.6 is 0 Å². The highest BCUT2D eigenvalue weighted by Gasteiger charge is 2.32. The molecule has 0 bridgehead atoms. The number of hydrogen-bond donors (Lipinski definition) is 0. The zero-order chi connectivity index (χ0) is 18.4. The van der Waals surface area contributed by atoms with E-state index in [0.717, 1.165) is 24.2 Å². The van der Waals surface area contributed by atoms with Crippen LogP contribution in [0.2, 0.25) is 0 Å². The minimum Gasteiger partial charge on any atom is -0.379 e. The second-order valence-corrected chi connectivity index (χ2v) is 6.44. The molecule has 5 nitrogen and oxygen atoms in total. The van der Waals surface area contributed by atoms with Crippen molar-refractivity contribution in [2.75, 3.05) is 32.8 Å². The minimum atomic E-state index is -0.729. The van der Waals surface area contributed by atoms with E-state index in [2.05, 4.69) is 9.89 Å². The van der Waals surface area contributed by atoms with Crippen LogP contribution in [0.3, 0.4) is 0 Å². The van der Waals surface area contributed by atoms with Gasteiger partial charge in [0.05, 0.1) is 13.2 Å². The lowest BCUT2D eigenvalue weighted by molar-refractivity contribution is 0.0339. The summed E-state index contributed by atoms with van der Waals surface area (Å²) in [6.45, 7) is 3.51. The molecule has 2 aliphatic rings. The highest BCUT2D eigenvalue weighted by Crippen LogP contribution is 2.27. The summed E-state index contributed by atoms with van der Waals surface area (Å²) in [6, 6.07) is 10.2. The highest BCUT2D eigenvalue weighted by atomic mass is 19.1. The molecule has 0 saturated carbocycles. The molecule has 0 aromatic heterocycles. The Balaban J connectivity index is 1.84. The van der Waals surface area contributed by atoms with E-state index in [4.69, 9.17) is 15.3 Å². The van der Waals surface area contributed by atoms with Gasteiger partial charge >= 0.3 is 0 Å². The number of nitrogens with zero attached hydrogens (tertiary/aromatic N) is 4. The Morgan fingerprint density at radius 1 is 1.23 bits per heavy atom. The topological polar surface area (TPSA) is 72.4 Å². The van der Waals surface area contributed by atoms with Crippen LogP contribution in [0, 0.1) is 28.5 Å². The third kappa shape index (κ3) is 4.43. The van der Waals surface area contributed by atoms with E-state index in [-0.39, 0.29) is 11.4 Å². The molecule has 132 valence electrons. The molecule has 1 atom stereocenters. The van der Waals surface area contributed by atoms with E-state index in [1.54, 1.807) is 24.4 Å². The highest BCUT2D eigenvalue weighted by molar-refractivity contribution is 5.84. The van der Waals surface area contributed by atoms with Gasteiger partial charge in [-0.25, -0.2) is 4.39 Å². The lowest BCUT2D eigenvalue weighted by Crippen LogP contribution is -2.44. The molecule has 26 heavy (non-hydrogen) atoms. The molecule has 3 rings (SSSR count). The fourth-order valence-corrected chi connectivity index (χ4v) is 3.20. The van der Waals surface area contributed by atoms with Gasteiger partial charge in [0, 0.05) is 25.8 Å². The van der Waals surface area contributed by atoms with Gasteiger partial charge in [0.25, 0.3) is 0 Å². The molecule has 0 spiro atoms. The summed E-state index contributed by atoms with van der Waals surface area (Å²) in [6.07, 6.45) is 6.04. The Morgan fingerprint density at radius 2 is 1.92 bits per heavy atom. The number of ether oxygens (including phenoxy) is 1. The third-order valence-electron chi connectivity index (χ3n) is 4.44. The van der Waals surface area contributed by atoms with Gasteiger partial charge in [-0.05, 0) is 41.8 Å². The van der Waals surface area contributed by atoms with Crippen molar-refractivity contribution >= 4 is 6.21 Å². The van der Waals surface area contributed by atoms with Gasteiger partial charge in [-0.1, -0.05) is 12.1 Å². The molecular formula is C20H19FN4O. The molecule has 0 aliphatic carbocycles. The molecule has 0 amide bonds.